The first-order valence-corrected chi connectivity index (χ1v) is 8.06. The standard InChI is InChI=1S/C19H20N2O5/c1-24-13-15-5-7-16(8-6-15)19(23)26-14-18(22)21(10-3-9-20)12-17-4-2-11-25-17/h2,4-8,11H,3,10,12-14H2,1H3. The van der Waals surface area contributed by atoms with Crippen LogP contribution < -0.4 is 0 Å². The van der Waals surface area contributed by atoms with Crippen LogP contribution in [0.15, 0.2) is 47.1 Å². The molecule has 2 rings (SSSR count). The van der Waals surface area contributed by atoms with Crippen LogP contribution >= 0.6 is 0 Å². The molecule has 0 radical (unpaired) electrons. The summed E-state index contributed by atoms with van der Waals surface area (Å²) in [6.07, 6.45) is 1.69. The van der Waals surface area contributed by atoms with E-state index in [4.69, 9.17) is 19.2 Å². The molecule has 0 fully saturated rings. The van der Waals surface area contributed by atoms with Crippen LogP contribution in [0.3, 0.4) is 0 Å². The van der Waals surface area contributed by atoms with Gasteiger partial charge in [0, 0.05) is 13.7 Å². The van der Waals surface area contributed by atoms with Gasteiger partial charge in [0.05, 0.1) is 37.5 Å². The van der Waals surface area contributed by atoms with Crippen molar-refractivity contribution >= 4 is 11.9 Å². The summed E-state index contributed by atoms with van der Waals surface area (Å²) in [5, 5.41) is 8.74. The van der Waals surface area contributed by atoms with Crippen LogP contribution in [0, 0.1) is 11.3 Å². The van der Waals surface area contributed by atoms with Gasteiger partial charge in [-0.15, -0.1) is 0 Å². The summed E-state index contributed by atoms with van der Waals surface area (Å²) in [6, 6.07) is 12.2. The number of benzene rings is 1. The average molecular weight is 356 g/mol. The molecule has 0 aliphatic rings. The molecule has 7 nitrogen and oxygen atoms in total. The summed E-state index contributed by atoms with van der Waals surface area (Å²) in [4.78, 5) is 25.8. The minimum Gasteiger partial charge on any atom is -0.467 e. The van der Waals surface area contributed by atoms with Crippen molar-refractivity contribution in [1.82, 2.24) is 4.90 Å². The van der Waals surface area contributed by atoms with Crippen molar-refractivity contribution in [3.8, 4) is 6.07 Å². The van der Waals surface area contributed by atoms with Gasteiger partial charge in [0.15, 0.2) is 6.61 Å². The molecule has 0 N–H and O–H groups in total. The molecule has 0 saturated heterocycles. The van der Waals surface area contributed by atoms with Gasteiger partial charge in [-0.3, -0.25) is 4.79 Å². The van der Waals surface area contributed by atoms with Gasteiger partial charge in [0.2, 0.25) is 0 Å². The van der Waals surface area contributed by atoms with E-state index in [-0.39, 0.29) is 25.4 Å². The minimum atomic E-state index is -0.583. The van der Waals surface area contributed by atoms with E-state index in [0.717, 1.165) is 5.56 Å². The molecule has 1 amide bonds. The average Bonchev–Trinajstić information content (AvgIpc) is 3.17. The SMILES string of the molecule is COCc1ccc(C(=O)OCC(=O)N(CCC#N)Cc2ccco2)cc1. The molecule has 1 heterocycles. The minimum absolute atomic E-state index is 0.182. The Morgan fingerprint density at radius 3 is 2.62 bits per heavy atom. The number of amides is 1. The molecule has 0 aliphatic carbocycles. The number of carbonyl (C=O) groups is 2. The lowest BCUT2D eigenvalue weighted by Gasteiger charge is -2.20. The van der Waals surface area contributed by atoms with E-state index < -0.39 is 12.6 Å². The van der Waals surface area contributed by atoms with Crippen molar-refractivity contribution < 1.29 is 23.5 Å². The topological polar surface area (TPSA) is 92.8 Å². The molecule has 26 heavy (non-hydrogen) atoms. The van der Waals surface area contributed by atoms with Crippen molar-refractivity contribution in [1.29, 1.82) is 5.26 Å². The molecule has 136 valence electrons. The molecule has 0 unspecified atom stereocenters. The van der Waals surface area contributed by atoms with Crippen molar-refractivity contribution in [2.45, 2.75) is 19.6 Å². The highest BCUT2D eigenvalue weighted by atomic mass is 16.5. The highest BCUT2D eigenvalue weighted by Crippen LogP contribution is 2.09. The number of methoxy groups -OCH3 is 1. The largest absolute Gasteiger partial charge is 0.467 e. The predicted molar refractivity (Wildman–Crippen MR) is 91.8 cm³/mol. The first-order valence-electron chi connectivity index (χ1n) is 8.06. The molecule has 0 spiro atoms. The lowest BCUT2D eigenvalue weighted by molar-refractivity contribution is -0.135. The van der Waals surface area contributed by atoms with Gasteiger partial charge in [-0.25, -0.2) is 4.79 Å². The monoisotopic (exact) mass is 356 g/mol. The molecule has 0 bridgehead atoms. The first-order chi connectivity index (χ1) is 12.6. The molecule has 0 atom stereocenters. The number of nitriles is 1. The van der Waals surface area contributed by atoms with Crippen molar-refractivity contribution in [2.75, 3.05) is 20.3 Å². The van der Waals surface area contributed by atoms with Crippen LogP contribution in [0.2, 0.25) is 0 Å². The summed E-state index contributed by atoms with van der Waals surface area (Å²) < 4.78 is 15.3. The summed E-state index contributed by atoms with van der Waals surface area (Å²) in [6.45, 7) is 0.509. The maximum absolute atomic E-state index is 12.3. The Morgan fingerprint density at radius 1 is 1.23 bits per heavy atom. The zero-order chi connectivity index (χ0) is 18.8. The van der Waals surface area contributed by atoms with E-state index in [9.17, 15) is 9.59 Å². The molecular formula is C19H20N2O5. The number of hydrogen-bond donors (Lipinski definition) is 0. The molecule has 1 aromatic carbocycles. The van der Waals surface area contributed by atoms with Crippen LogP contribution in [-0.4, -0.2) is 37.0 Å². The Hall–Kier alpha value is -3.11. The third-order valence-corrected chi connectivity index (χ3v) is 3.60. The smallest absolute Gasteiger partial charge is 0.338 e. The Bertz CT molecular complexity index is 747. The second kappa shape index (κ2) is 10.0. The molecule has 7 heteroatoms. The van der Waals surface area contributed by atoms with Crippen molar-refractivity contribution in [2.24, 2.45) is 0 Å². The van der Waals surface area contributed by atoms with E-state index in [1.54, 1.807) is 43.5 Å². The quantitative estimate of drug-likeness (QED) is 0.641. The predicted octanol–water partition coefficient (Wildman–Crippen LogP) is 2.53. The van der Waals surface area contributed by atoms with Gasteiger partial charge < -0.3 is 18.8 Å². The third-order valence-electron chi connectivity index (χ3n) is 3.60. The number of nitrogens with zero attached hydrogens (tertiary/aromatic N) is 2. The Labute approximate surface area is 151 Å². The second-order valence-corrected chi connectivity index (χ2v) is 5.51. The van der Waals surface area contributed by atoms with Crippen molar-refractivity contribution in [3.05, 3.63) is 59.5 Å². The number of hydrogen-bond acceptors (Lipinski definition) is 6. The van der Waals surface area contributed by atoms with Crippen molar-refractivity contribution in [3.63, 3.8) is 0 Å². The Kier molecular flexibility index (Phi) is 7.40. The van der Waals surface area contributed by atoms with Crippen LogP contribution in [0.4, 0.5) is 0 Å². The fourth-order valence-corrected chi connectivity index (χ4v) is 2.27. The lowest BCUT2D eigenvalue weighted by atomic mass is 10.1. The summed E-state index contributed by atoms with van der Waals surface area (Å²) >= 11 is 0. The number of carbonyl (C=O) groups excluding carboxylic acids is 2. The van der Waals surface area contributed by atoms with E-state index in [1.807, 2.05) is 6.07 Å². The number of esters is 1. The van der Waals surface area contributed by atoms with Crippen LogP contribution in [0.25, 0.3) is 0 Å². The van der Waals surface area contributed by atoms with Gasteiger partial charge in [0.1, 0.15) is 5.76 Å². The fourth-order valence-electron chi connectivity index (χ4n) is 2.27. The molecule has 0 aliphatic heterocycles. The normalized spacial score (nSPS) is 10.2. The number of rotatable bonds is 9. The van der Waals surface area contributed by atoms with E-state index in [0.29, 0.717) is 17.9 Å². The van der Waals surface area contributed by atoms with Crippen LogP contribution in [-0.2, 0) is 27.4 Å². The summed E-state index contributed by atoms with van der Waals surface area (Å²) in [7, 11) is 1.59. The van der Waals surface area contributed by atoms with E-state index in [1.165, 1.54) is 11.2 Å². The number of ether oxygens (including phenoxy) is 2. The molecule has 1 aromatic heterocycles. The zero-order valence-corrected chi connectivity index (χ0v) is 14.5. The van der Waals surface area contributed by atoms with Crippen LogP contribution in [0.5, 0.6) is 0 Å². The highest BCUT2D eigenvalue weighted by molar-refractivity contribution is 5.91. The lowest BCUT2D eigenvalue weighted by Crippen LogP contribution is -2.34. The van der Waals surface area contributed by atoms with Gasteiger partial charge in [-0.05, 0) is 29.8 Å². The third kappa shape index (κ3) is 5.76. The van der Waals surface area contributed by atoms with Crippen LogP contribution in [0.1, 0.15) is 28.1 Å². The van der Waals surface area contributed by atoms with Gasteiger partial charge >= 0.3 is 5.97 Å². The summed E-state index contributed by atoms with van der Waals surface area (Å²) in [5.74, 6) is -0.377. The summed E-state index contributed by atoms with van der Waals surface area (Å²) in [5.41, 5.74) is 1.29. The van der Waals surface area contributed by atoms with Gasteiger partial charge in [-0.1, -0.05) is 12.1 Å². The van der Waals surface area contributed by atoms with E-state index in [2.05, 4.69) is 0 Å². The highest BCUT2D eigenvalue weighted by Gasteiger charge is 2.17. The first kappa shape index (κ1) is 19.2. The van der Waals surface area contributed by atoms with Gasteiger partial charge in [-0.2, -0.15) is 5.26 Å². The van der Waals surface area contributed by atoms with E-state index >= 15 is 0 Å². The molecule has 2 aromatic rings. The molecular weight excluding hydrogens is 336 g/mol. The maximum atomic E-state index is 12.3. The number of furan rings is 1. The second-order valence-electron chi connectivity index (χ2n) is 5.51. The Balaban J connectivity index is 1.91. The maximum Gasteiger partial charge on any atom is 0.338 e. The Morgan fingerprint density at radius 2 is 2.00 bits per heavy atom. The zero-order valence-electron chi connectivity index (χ0n) is 14.5. The fraction of sp³-hybridized carbons (Fsp3) is 0.316. The molecule has 0 saturated carbocycles. The van der Waals surface area contributed by atoms with Gasteiger partial charge in [0.25, 0.3) is 5.91 Å².